The first kappa shape index (κ1) is 23.7. The van der Waals surface area contributed by atoms with Crippen LogP contribution in [0.5, 0.6) is 11.5 Å². The van der Waals surface area contributed by atoms with E-state index in [-0.39, 0.29) is 6.71 Å². The molecule has 0 radical (unpaired) electrons. The van der Waals surface area contributed by atoms with E-state index in [2.05, 4.69) is 152 Å². The third kappa shape index (κ3) is 2.95. The summed E-state index contributed by atoms with van der Waals surface area (Å²) >= 11 is 0. The van der Waals surface area contributed by atoms with Gasteiger partial charge in [-0.2, -0.15) is 0 Å². The molecule has 0 saturated heterocycles. The summed E-state index contributed by atoms with van der Waals surface area (Å²) in [5.41, 5.74) is 14.8. The maximum Gasteiger partial charge on any atom is 0.247 e. The molecule has 0 aromatic heterocycles. The van der Waals surface area contributed by atoms with E-state index in [4.69, 9.17) is 4.74 Å². The molecule has 6 aromatic carbocycles. The fourth-order valence-corrected chi connectivity index (χ4v) is 7.88. The Morgan fingerprint density at radius 1 is 0.524 bits per heavy atom. The lowest BCUT2D eigenvalue weighted by Crippen LogP contribution is -2.65. The van der Waals surface area contributed by atoms with E-state index in [0.29, 0.717) is 0 Å². The van der Waals surface area contributed by atoms with Crippen LogP contribution in [0.15, 0.2) is 133 Å². The highest BCUT2D eigenvalue weighted by atomic mass is 16.5. The molecule has 0 atom stereocenters. The zero-order valence-corrected chi connectivity index (χ0v) is 23.6. The average Bonchev–Trinajstić information content (AvgIpc) is 3.03. The molecule has 0 bridgehead atoms. The Bertz CT molecular complexity index is 2020. The van der Waals surface area contributed by atoms with E-state index >= 15 is 0 Å². The van der Waals surface area contributed by atoms with Crippen molar-refractivity contribution in [2.24, 2.45) is 0 Å². The first-order valence-electron chi connectivity index (χ1n) is 14.7. The summed E-state index contributed by atoms with van der Waals surface area (Å²) in [5, 5.41) is 0. The van der Waals surface area contributed by atoms with Crippen LogP contribution in [0.25, 0.3) is 0 Å². The first-order valence-corrected chi connectivity index (χ1v) is 14.7. The van der Waals surface area contributed by atoms with Crippen LogP contribution in [-0.2, 0) is 5.41 Å². The SMILES string of the molecule is Cc1ccc(N2c3ccc(C)cc3B3c4ccccc4C4(c5ccccc5Oc5ccccc54)c4cccc2c43)cc1. The Hall–Kier alpha value is -5.02. The van der Waals surface area contributed by atoms with Gasteiger partial charge in [-0.05, 0) is 72.3 Å². The number of anilines is 3. The van der Waals surface area contributed by atoms with Crippen molar-refractivity contribution in [3.63, 3.8) is 0 Å². The third-order valence-electron chi connectivity index (χ3n) is 9.52. The molecule has 0 unspecified atom stereocenters. The van der Waals surface area contributed by atoms with E-state index in [1.807, 2.05) is 0 Å². The van der Waals surface area contributed by atoms with Crippen molar-refractivity contribution in [3.8, 4) is 11.5 Å². The van der Waals surface area contributed by atoms with E-state index < -0.39 is 5.41 Å². The minimum atomic E-state index is -0.510. The lowest BCUT2D eigenvalue weighted by Gasteiger charge is -2.50. The molecule has 3 heterocycles. The van der Waals surface area contributed by atoms with Crippen molar-refractivity contribution in [1.82, 2.24) is 0 Å². The van der Waals surface area contributed by atoms with Crippen LogP contribution in [0.1, 0.15) is 33.4 Å². The molecule has 0 N–H and O–H groups in total. The van der Waals surface area contributed by atoms with Gasteiger partial charge in [0, 0.05) is 28.2 Å². The molecule has 3 aliphatic rings. The highest BCUT2D eigenvalue weighted by Gasteiger charge is 2.54. The molecule has 6 aromatic rings. The van der Waals surface area contributed by atoms with Gasteiger partial charge in [-0.15, -0.1) is 0 Å². The maximum absolute atomic E-state index is 6.60. The van der Waals surface area contributed by atoms with Gasteiger partial charge in [0.1, 0.15) is 11.5 Å². The molecule has 2 nitrogen and oxygen atoms in total. The smallest absolute Gasteiger partial charge is 0.247 e. The van der Waals surface area contributed by atoms with Gasteiger partial charge in [0.2, 0.25) is 6.71 Å². The van der Waals surface area contributed by atoms with Gasteiger partial charge in [-0.1, -0.05) is 114 Å². The highest BCUT2D eigenvalue weighted by molar-refractivity contribution is 6.99. The molecule has 0 aliphatic carbocycles. The molecule has 1 spiro atoms. The summed E-state index contributed by atoms with van der Waals surface area (Å²) in [6.07, 6.45) is 0. The van der Waals surface area contributed by atoms with Crippen LogP contribution in [0.4, 0.5) is 17.1 Å². The zero-order valence-electron chi connectivity index (χ0n) is 23.6. The van der Waals surface area contributed by atoms with Crippen LogP contribution in [0.2, 0.25) is 0 Å². The number of hydrogen-bond donors (Lipinski definition) is 0. The summed E-state index contributed by atoms with van der Waals surface area (Å²) in [4.78, 5) is 2.47. The minimum Gasteiger partial charge on any atom is -0.457 e. The number of rotatable bonds is 1. The fraction of sp³-hybridized carbons (Fsp3) is 0.0769. The quantitative estimate of drug-likeness (QED) is 0.202. The highest BCUT2D eigenvalue weighted by Crippen LogP contribution is 2.56. The zero-order chi connectivity index (χ0) is 28.0. The molecular weight excluding hydrogens is 509 g/mol. The molecule has 3 heteroatoms. The van der Waals surface area contributed by atoms with E-state index in [9.17, 15) is 0 Å². The second-order valence-corrected chi connectivity index (χ2v) is 11.8. The Labute approximate surface area is 246 Å². The Kier molecular flexibility index (Phi) is 4.79. The summed E-state index contributed by atoms with van der Waals surface area (Å²) in [7, 11) is 0. The van der Waals surface area contributed by atoms with E-state index in [0.717, 1.165) is 11.5 Å². The van der Waals surface area contributed by atoms with Crippen molar-refractivity contribution < 1.29 is 4.74 Å². The minimum absolute atomic E-state index is 0.122. The summed E-state index contributed by atoms with van der Waals surface area (Å²) in [6.45, 7) is 4.48. The van der Waals surface area contributed by atoms with Gasteiger partial charge in [-0.25, -0.2) is 0 Å². The van der Waals surface area contributed by atoms with Crippen LogP contribution in [0.3, 0.4) is 0 Å². The van der Waals surface area contributed by atoms with Crippen molar-refractivity contribution in [1.29, 1.82) is 0 Å². The average molecular weight is 537 g/mol. The van der Waals surface area contributed by atoms with Gasteiger partial charge >= 0.3 is 0 Å². The van der Waals surface area contributed by atoms with Crippen LogP contribution >= 0.6 is 0 Å². The van der Waals surface area contributed by atoms with Crippen molar-refractivity contribution >= 4 is 40.2 Å². The van der Waals surface area contributed by atoms with Crippen LogP contribution in [0, 0.1) is 13.8 Å². The predicted octanol–water partition coefficient (Wildman–Crippen LogP) is 7.40. The topological polar surface area (TPSA) is 12.5 Å². The number of para-hydroxylation sites is 2. The molecule has 0 fully saturated rings. The number of fused-ring (bicyclic) bond motifs is 10. The molecule has 42 heavy (non-hydrogen) atoms. The fourth-order valence-electron chi connectivity index (χ4n) is 7.88. The van der Waals surface area contributed by atoms with Crippen molar-refractivity contribution in [2.45, 2.75) is 19.3 Å². The van der Waals surface area contributed by atoms with Crippen molar-refractivity contribution in [3.05, 3.63) is 167 Å². The summed E-state index contributed by atoms with van der Waals surface area (Å²) < 4.78 is 6.60. The van der Waals surface area contributed by atoms with Gasteiger partial charge < -0.3 is 9.64 Å². The molecule has 0 saturated carbocycles. The van der Waals surface area contributed by atoms with Gasteiger partial charge in [0.25, 0.3) is 0 Å². The molecule has 3 aliphatic heterocycles. The first-order chi connectivity index (χ1) is 20.7. The second kappa shape index (κ2) is 8.50. The Morgan fingerprint density at radius 3 is 1.88 bits per heavy atom. The number of benzene rings is 6. The van der Waals surface area contributed by atoms with Crippen molar-refractivity contribution in [2.75, 3.05) is 4.90 Å². The number of hydrogen-bond acceptors (Lipinski definition) is 2. The van der Waals surface area contributed by atoms with Gasteiger partial charge in [-0.3, -0.25) is 0 Å². The normalized spacial score (nSPS) is 14.7. The molecule has 198 valence electrons. The second-order valence-electron chi connectivity index (χ2n) is 11.8. The predicted molar refractivity (Wildman–Crippen MR) is 174 cm³/mol. The molecule has 9 rings (SSSR count). The summed E-state index contributed by atoms with van der Waals surface area (Å²) in [6, 6.07) is 49.2. The molecular formula is C39H28BNO. The van der Waals surface area contributed by atoms with Crippen LogP contribution < -0.4 is 26.0 Å². The number of aryl methyl sites for hydroxylation is 2. The number of ether oxygens (including phenoxy) is 1. The maximum atomic E-state index is 6.60. The Balaban J connectivity index is 1.47. The van der Waals surface area contributed by atoms with Crippen LogP contribution in [-0.4, -0.2) is 6.71 Å². The lowest BCUT2D eigenvalue weighted by atomic mass is 9.29. The van der Waals surface area contributed by atoms with E-state index in [1.54, 1.807) is 0 Å². The monoisotopic (exact) mass is 537 g/mol. The Morgan fingerprint density at radius 2 is 1.14 bits per heavy atom. The summed E-state index contributed by atoms with van der Waals surface area (Å²) in [5.74, 6) is 1.84. The largest absolute Gasteiger partial charge is 0.457 e. The van der Waals surface area contributed by atoms with Gasteiger partial charge in [0.15, 0.2) is 0 Å². The van der Waals surface area contributed by atoms with Gasteiger partial charge in [0.05, 0.1) is 5.41 Å². The third-order valence-corrected chi connectivity index (χ3v) is 9.52. The number of nitrogens with zero attached hydrogens (tertiary/aromatic N) is 1. The van der Waals surface area contributed by atoms with E-state index in [1.165, 1.54) is 66.8 Å². The standard InChI is InChI=1S/C39H28BNO/c1-25-18-21-27(22-19-25)41-34-23-20-26(2)24-33(34)40-32-14-6-3-10-28(32)39(31-13-9-15-35(41)38(31)40)29-11-4-7-16-36(29)42-37-17-8-5-12-30(37)39/h3-24H,1-2H3. The lowest BCUT2D eigenvalue weighted by molar-refractivity contribution is 0.435. The molecule has 0 amide bonds.